The van der Waals surface area contributed by atoms with E-state index in [0.717, 1.165) is 6.92 Å². The van der Waals surface area contributed by atoms with Gasteiger partial charge in [0.15, 0.2) is 17.5 Å². The van der Waals surface area contributed by atoms with Gasteiger partial charge in [0, 0.05) is 62.5 Å². The number of hydrogen-bond acceptors (Lipinski definition) is 21. The molecule has 3 unspecified atom stereocenters. The summed E-state index contributed by atoms with van der Waals surface area (Å²) in [6.07, 6.45) is -2.95. The Morgan fingerprint density at radius 3 is 1.81 bits per heavy atom. The van der Waals surface area contributed by atoms with Crippen LogP contribution in [0.4, 0.5) is 0 Å². The van der Waals surface area contributed by atoms with E-state index >= 15 is 4.79 Å². The van der Waals surface area contributed by atoms with E-state index in [1.54, 1.807) is 53.7 Å². The quantitative estimate of drug-likeness (QED) is 0.0133. The molecule has 0 bridgehead atoms. The van der Waals surface area contributed by atoms with Crippen molar-refractivity contribution in [2.75, 3.05) is 19.7 Å². The lowest BCUT2D eigenvalue weighted by Gasteiger charge is -2.30. The summed E-state index contributed by atoms with van der Waals surface area (Å²) < 4.78 is 0. The number of nitrogens with two attached hydrogens (primary N) is 3. The van der Waals surface area contributed by atoms with Gasteiger partial charge in [0.05, 0.1) is 19.4 Å². The van der Waals surface area contributed by atoms with Gasteiger partial charge in [0.1, 0.15) is 72.5 Å². The molecule has 1 aromatic carbocycles. The van der Waals surface area contributed by atoms with Crippen molar-refractivity contribution in [2.24, 2.45) is 39.9 Å². The van der Waals surface area contributed by atoms with Crippen LogP contribution < -0.4 is 81.0 Å². The van der Waals surface area contributed by atoms with Crippen LogP contribution in [0.3, 0.4) is 0 Å². The molecular weight excluding hydrogens is 1460 g/mol. The van der Waals surface area contributed by atoms with Crippen molar-refractivity contribution in [1.82, 2.24) is 73.8 Å². The number of carboxylic acid groups (broad SMARTS) is 3. The third kappa shape index (κ3) is 33.8. The minimum atomic E-state index is -2.05. The summed E-state index contributed by atoms with van der Waals surface area (Å²) in [6.45, 7) is 10.1. The molecule has 23 N–H and O–H groups in total. The third-order valence-corrected chi connectivity index (χ3v) is 17.9. The highest BCUT2D eigenvalue weighted by Gasteiger charge is 2.40. The summed E-state index contributed by atoms with van der Waals surface area (Å²) in [5.74, 6) is -21.1. The molecule has 110 heavy (non-hydrogen) atoms. The van der Waals surface area contributed by atoms with E-state index in [2.05, 4.69) is 73.4 Å². The Balaban J connectivity index is 2.21. The highest BCUT2D eigenvalue weighted by Crippen LogP contribution is 2.20. The number of nitrogens with one attached hydrogen (secondary N) is 13. The van der Waals surface area contributed by atoms with Crippen LogP contribution in [0.2, 0.25) is 5.02 Å². The lowest BCUT2D eigenvalue weighted by molar-refractivity contribution is -0.144. The number of aliphatic hydroxyl groups is 1. The van der Waals surface area contributed by atoms with E-state index < -0.39 is 242 Å². The molecule has 1 saturated heterocycles. The fourth-order valence-electron chi connectivity index (χ4n) is 11.4. The van der Waals surface area contributed by atoms with Crippen LogP contribution in [-0.2, 0) is 94.3 Å². The number of carboxylic acids is 3. The van der Waals surface area contributed by atoms with E-state index in [1.807, 2.05) is 5.32 Å². The molecule has 3 rings (SSSR count). The standard InChI is InChI=1S/C70H107ClN18O21/c1-8-37(6)57(89-67(107)50(30-40-32-75-34-77-40)85-58(98)42(17-11-12-25-72)79-61(101)45(78-38(7)91)22-24-55(94)95)68(108)87-48(28-36(4)5)64(104)82-46-21-23-54(93)53(92)20-13-18-43(59(99)86-51(31-56(96)97)66(106)88-52(33-90)69(109)110)81-63(103)47(27-35(2)3)83-65(105)49(29-39-15-9-10-16-41(39)71)84-60(100)44(80-62(46)102)19-14-26-76-70(73)74/h9-10,15-16,32,34-37,42-52,57,90H,8,11-14,17-31,33,72H2,1-7H3,(H,75,77)(H,78,91)(H,79,101)(H,80,102)(H,81,103)(H,82,104)(H,83,105)(H,84,100)(H,85,98)(H,86,99)(H,87,108)(H,88,106)(H,89,107)(H,94,95)(H,96,97)(H,109,110)(H4,73,74,76)/t37-,42-,43?,44?,45-,46?,47-,48-,49-,50-,51-,52-,57-/m0/s1. The lowest BCUT2D eigenvalue weighted by Crippen LogP contribution is -2.62. The number of H-pyrrole nitrogens is 1. The van der Waals surface area contributed by atoms with Gasteiger partial charge in [0.2, 0.25) is 70.9 Å². The van der Waals surface area contributed by atoms with Crippen LogP contribution in [0, 0.1) is 17.8 Å². The van der Waals surface area contributed by atoms with Crippen molar-refractivity contribution in [3.63, 3.8) is 0 Å². The number of imidazole rings is 1. The smallest absolute Gasteiger partial charge is 0.328 e. The van der Waals surface area contributed by atoms with Crippen molar-refractivity contribution in [3.05, 3.63) is 53.1 Å². The first-order valence-electron chi connectivity index (χ1n) is 36.3. The zero-order valence-electron chi connectivity index (χ0n) is 62.7. The molecule has 0 radical (unpaired) electrons. The first-order valence-corrected chi connectivity index (χ1v) is 36.7. The molecule has 2 heterocycles. The van der Waals surface area contributed by atoms with Gasteiger partial charge in [-0.05, 0) is 107 Å². The number of halogens is 1. The minimum Gasteiger partial charge on any atom is -0.481 e. The van der Waals surface area contributed by atoms with E-state index in [-0.39, 0.29) is 88.3 Å². The van der Waals surface area contributed by atoms with Crippen LogP contribution in [0.5, 0.6) is 0 Å². The number of amides is 12. The van der Waals surface area contributed by atoms with Crippen molar-refractivity contribution >= 4 is 118 Å². The van der Waals surface area contributed by atoms with Crippen molar-refractivity contribution < 1.29 is 102 Å². The molecule has 610 valence electrons. The molecule has 13 atom stereocenters. The molecule has 12 amide bonds. The zero-order valence-corrected chi connectivity index (χ0v) is 63.5. The van der Waals surface area contributed by atoms with Gasteiger partial charge in [-0.2, -0.15) is 0 Å². The monoisotopic (exact) mass is 1570 g/mol. The van der Waals surface area contributed by atoms with Crippen molar-refractivity contribution in [1.29, 1.82) is 0 Å². The SMILES string of the molecule is CC[C@H](C)[C@H](NC(=O)[C@H](Cc1cnc[nH]1)NC(=O)[C@H](CCCCN)NC(=O)[C@H](CCC(=O)O)NC(C)=O)C(=O)N[C@@H](CC(C)C)C(=O)NC1CCC(=O)C(=O)CCCC(C(=O)N[C@@H](CC(=O)O)C(=O)N[C@@H](CO)C(=O)O)NC(=O)[C@H](CC(C)C)NC(=O)[C@H](Cc2ccccc2Cl)NC(=O)C(CCCN=C(N)N)NC1=O. The number of Topliss-reactive ketones (excluding diaryl/α,β-unsaturated/α-hetero) is 2. The number of guanidine groups is 1. The maximum absolute atomic E-state index is 15.0. The topological polar surface area (TPSA) is 635 Å². The molecule has 0 spiro atoms. The van der Waals surface area contributed by atoms with Gasteiger partial charge in [-0.25, -0.2) is 9.78 Å². The molecule has 39 nitrogen and oxygen atoms in total. The first kappa shape index (κ1) is 93.5. The van der Waals surface area contributed by atoms with Crippen molar-refractivity contribution in [3.8, 4) is 0 Å². The number of carbonyl (C=O) groups is 17. The molecule has 1 aliphatic rings. The second-order valence-electron chi connectivity index (χ2n) is 27.6. The van der Waals surface area contributed by atoms with Gasteiger partial charge in [0.25, 0.3) is 0 Å². The van der Waals surface area contributed by atoms with E-state index in [1.165, 1.54) is 24.7 Å². The lowest BCUT2D eigenvalue weighted by atomic mass is 9.95. The Morgan fingerprint density at radius 2 is 1.23 bits per heavy atom. The predicted molar refractivity (Wildman–Crippen MR) is 394 cm³/mol. The number of aliphatic hydroxyl groups excluding tert-OH is 1. The Labute approximate surface area is 640 Å². The molecule has 0 aliphatic carbocycles. The number of carbonyl (C=O) groups excluding carboxylic acids is 14. The fraction of sp³-hybridized carbons (Fsp3) is 0.614. The number of aliphatic carboxylic acids is 3. The summed E-state index contributed by atoms with van der Waals surface area (Å²) in [4.78, 5) is 245. The summed E-state index contributed by atoms with van der Waals surface area (Å²) in [5.41, 5.74) is 17.6. The fourth-order valence-corrected chi connectivity index (χ4v) is 11.6. The maximum atomic E-state index is 15.0. The zero-order chi connectivity index (χ0) is 82.5. The Bertz CT molecular complexity index is 3560. The summed E-state index contributed by atoms with van der Waals surface area (Å²) >= 11 is 6.61. The highest BCUT2D eigenvalue weighted by atomic mass is 35.5. The Kier molecular flexibility index (Phi) is 40.8. The number of rotatable bonds is 40. The van der Waals surface area contributed by atoms with Crippen LogP contribution in [-0.4, -0.2) is 229 Å². The van der Waals surface area contributed by atoms with Crippen LogP contribution in [0.25, 0.3) is 0 Å². The van der Waals surface area contributed by atoms with Crippen molar-refractivity contribution in [2.45, 2.75) is 237 Å². The number of benzene rings is 1. The second-order valence-corrected chi connectivity index (χ2v) is 28.0. The number of aromatic nitrogens is 2. The third-order valence-electron chi connectivity index (χ3n) is 17.5. The first-order chi connectivity index (χ1) is 51.9. The molecule has 40 heteroatoms. The summed E-state index contributed by atoms with van der Waals surface area (Å²) in [6, 6.07) is -13.7. The largest absolute Gasteiger partial charge is 0.481 e. The second kappa shape index (κ2) is 48.0. The molecule has 1 aliphatic heterocycles. The average Bonchev–Trinajstić information content (AvgIpc) is 0.945. The average molecular weight is 1570 g/mol. The number of unbranched alkanes of at least 4 members (excludes halogenated alkanes) is 1. The van der Waals surface area contributed by atoms with Gasteiger partial charge in [-0.3, -0.25) is 81.7 Å². The van der Waals surface area contributed by atoms with Gasteiger partial charge in [-0.1, -0.05) is 77.8 Å². The minimum absolute atomic E-state index is 0.0379. The van der Waals surface area contributed by atoms with Gasteiger partial charge >= 0.3 is 17.9 Å². The van der Waals surface area contributed by atoms with E-state index in [9.17, 15) is 97.1 Å². The summed E-state index contributed by atoms with van der Waals surface area (Å²) in [7, 11) is 0. The summed E-state index contributed by atoms with van der Waals surface area (Å²) in [5, 5.41) is 68.2. The molecule has 1 fully saturated rings. The highest BCUT2D eigenvalue weighted by molar-refractivity contribution is 6.37. The normalized spacial score (nSPS) is 19.1. The van der Waals surface area contributed by atoms with Gasteiger partial charge < -0.3 is 106 Å². The van der Waals surface area contributed by atoms with Crippen LogP contribution in [0.1, 0.15) is 162 Å². The number of ketones is 2. The van der Waals surface area contributed by atoms with Crippen LogP contribution in [0.15, 0.2) is 41.8 Å². The number of hydrogen-bond donors (Lipinski definition) is 20. The van der Waals surface area contributed by atoms with Crippen LogP contribution >= 0.6 is 11.6 Å². The van der Waals surface area contributed by atoms with E-state index in [4.69, 9.17) is 28.8 Å². The number of aliphatic imine (C=N–C) groups is 1. The number of aromatic amines is 1. The molecule has 0 saturated carbocycles. The number of nitrogens with zero attached hydrogens (tertiary/aromatic N) is 2. The maximum Gasteiger partial charge on any atom is 0.328 e. The van der Waals surface area contributed by atoms with E-state index in [0.29, 0.717) is 17.7 Å². The Hall–Kier alpha value is -10.7. The molecule has 2 aromatic rings. The predicted octanol–water partition coefficient (Wildman–Crippen LogP) is -3.47. The molecular formula is C70H107ClN18O21. The van der Waals surface area contributed by atoms with Gasteiger partial charge in [-0.15, -0.1) is 0 Å². The molecule has 1 aromatic heterocycles. The Morgan fingerprint density at radius 1 is 0.636 bits per heavy atom.